The summed E-state index contributed by atoms with van der Waals surface area (Å²) in [5, 5.41) is 3.27. The van der Waals surface area contributed by atoms with Crippen molar-refractivity contribution in [1.82, 2.24) is 5.32 Å². The van der Waals surface area contributed by atoms with E-state index in [0.29, 0.717) is 47.1 Å². The summed E-state index contributed by atoms with van der Waals surface area (Å²) < 4.78 is 11.0. The summed E-state index contributed by atoms with van der Waals surface area (Å²) in [5.74, 6) is 1.72. The smallest absolute Gasteiger partial charge is 0.251 e. The molecule has 0 radical (unpaired) electrons. The Hall–Kier alpha value is -1.42. The van der Waals surface area contributed by atoms with Crippen LogP contribution in [0.15, 0.2) is 12.1 Å². The third kappa shape index (κ3) is 5.76. The molecule has 0 aliphatic rings. The molecule has 0 aliphatic carbocycles. The van der Waals surface area contributed by atoms with Gasteiger partial charge in [0.15, 0.2) is 11.5 Å². The largest absolute Gasteiger partial charge is 0.493 e. The third-order valence-electron chi connectivity index (χ3n) is 3.06. The first kappa shape index (κ1) is 18.6. The van der Waals surface area contributed by atoms with Gasteiger partial charge in [0, 0.05) is 12.1 Å². The van der Waals surface area contributed by atoms with Crippen LogP contribution in [0.5, 0.6) is 11.5 Å². The van der Waals surface area contributed by atoms with Crippen molar-refractivity contribution in [1.29, 1.82) is 0 Å². The van der Waals surface area contributed by atoms with Crippen LogP contribution in [-0.2, 0) is 0 Å². The second-order valence-corrected chi connectivity index (χ2v) is 6.54. The molecule has 0 unspecified atom stereocenters. The second kappa shape index (κ2) is 8.89. The molecule has 0 saturated heterocycles. The molecule has 0 bridgehead atoms. The summed E-state index contributed by atoms with van der Waals surface area (Å²) in [5.41, 5.74) is 0.475. The number of methoxy groups -OCH3 is 1. The molecule has 0 heterocycles. The highest BCUT2D eigenvalue weighted by molar-refractivity contribution is 6.32. The van der Waals surface area contributed by atoms with Crippen molar-refractivity contribution in [3.05, 3.63) is 22.7 Å². The summed E-state index contributed by atoms with van der Waals surface area (Å²) in [6.07, 6.45) is 0.937. The lowest BCUT2D eigenvalue weighted by atomic mass is 10.1. The molecule has 0 fully saturated rings. The normalized spacial score (nSPS) is 10.9. The number of carbonyl (C=O) groups excluding carboxylic acids is 1. The van der Waals surface area contributed by atoms with Gasteiger partial charge in [-0.1, -0.05) is 39.3 Å². The molecule has 1 aromatic rings. The summed E-state index contributed by atoms with van der Waals surface area (Å²) in [7, 11) is 1.54. The van der Waals surface area contributed by atoms with Crippen LogP contribution in [0.1, 0.15) is 44.5 Å². The van der Waals surface area contributed by atoms with E-state index in [9.17, 15) is 4.79 Å². The van der Waals surface area contributed by atoms with Gasteiger partial charge in [0.05, 0.1) is 18.7 Å². The molecule has 5 heteroatoms. The average Bonchev–Trinajstić information content (AvgIpc) is 2.44. The van der Waals surface area contributed by atoms with Crippen LogP contribution >= 0.6 is 11.6 Å². The van der Waals surface area contributed by atoms with E-state index in [-0.39, 0.29) is 5.91 Å². The zero-order chi connectivity index (χ0) is 16.7. The number of amides is 1. The number of hydrogen-bond donors (Lipinski definition) is 1. The Labute approximate surface area is 138 Å². The Morgan fingerprint density at radius 1 is 1.23 bits per heavy atom. The zero-order valence-electron chi connectivity index (χ0n) is 14.0. The van der Waals surface area contributed by atoms with E-state index < -0.39 is 0 Å². The summed E-state index contributed by atoms with van der Waals surface area (Å²) in [4.78, 5) is 12.2. The lowest BCUT2D eigenvalue weighted by Gasteiger charge is -2.15. The number of halogens is 1. The number of ether oxygens (including phenoxy) is 2. The van der Waals surface area contributed by atoms with Crippen molar-refractivity contribution in [2.24, 2.45) is 11.8 Å². The van der Waals surface area contributed by atoms with E-state index in [2.05, 4.69) is 33.0 Å². The van der Waals surface area contributed by atoms with Crippen LogP contribution < -0.4 is 14.8 Å². The lowest BCUT2D eigenvalue weighted by Crippen LogP contribution is -2.25. The van der Waals surface area contributed by atoms with Gasteiger partial charge in [-0.15, -0.1) is 0 Å². The van der Waals surface area contributed by atoms with Gasteiger partial charge in [0.1, 0.15) is 0 Å². The van der Waals surface area contributed by atoms with Gasteiger partial charge in [-0.25, -0.2) is 0 Å². The van der Waals surface area contributed by atoms with Crippen molar-refractivity contribution in [2.45, 2.75) is 34.1 Å². The van der Waals surface area contributed by atoms with Gasteiger partial charge in [-0.05, 0) is 30.4 Å². The molecule has 0 aliphatic heterocycles. The monoisotopic (exact) mass is 327 g/mol. The fourth-order valence-corrected chi connectivity index (χ4v) is 2.08. The first-order valence-electron chi connectivity index (χ1n) is 7.63. The maximum atomic E-state index is 12.2. The number of rotatable bonds is 8. The lowest BCUT2D eigenvalue weighted by molar-refractivity contribution is 0.0951. The molecule has 1 N–H and O–H groups in total. The summed E-state index contributed by atoms with van der Waals surface area (Å²) in [6, 6.07) is 3.27. The van der Waals surface area contributed by atoms with Crippen LogP contribution in [0.3, 0.4) is 0 Å². The molecule has 1 aromatic carbocycles. The SMILES string of the molecule is COc1cc(C(=O)NCCC(C)C)cc(Cl)c1OCC(C)C. The van der Waals surface area contributed by atoms with Gasteiger partial charge in [0.25, 0.3) is 5.91 Å². The van der Waals surface area contributed by atoms with Gasteiger partial charge in [0.2, 0.25) is 0 Å². The first-order valence-corrected chi connectivity index (χ1v) is 8.01. The van der Waals surface area contributed by atoms with E-state index in [1.54, 1.807) is 12.1 Å². The van der Waals surface area contributed by atoms with Crippen LogP contribution in [0.2, 0.25) is 5.02 Å². The highest BCUT2D eigenvalue weighted by Crippen LogP contribution is 2.36. The van der Waals surface area contributed by atoms with Gasteiger partial charge in [-0.2, -0.15) is 0 Å². The van der Waals surface area contributed by atoms with Crippen LogP contribution in [0.4, 0.5) is 0 Å². The van der Waals surface area contributed by atoms with Crippen LogP contribution in [0.25, 0.3) is 0 Å². The van der Waals surface area contributed by atoms with E-state index in [1.165, 1.54) is 7.11 Å². The topological polar surface area (TPSA) is 47.6 Å². The highest BCUT2D eigenvalue weighted by Gasteiger charge is 2.16. The average molecular weight is 328 g/mol. The van der Waals surface area contributed by atoms with Crippen molar-refractivity contribution in [2.75, 3.05) is 20.3 Å². The molecule has 1 rings (SSSR count). The predicted octanol–water partition coefficient (Wildman–Crippen LogP) is 4.16. The first-order chi connectivity index (χ1) is 10.3. The fraction of sp³-hybridized carbons (Fsp3) is 0.588. The molecule has 22 heavy (non-hydrogen) atoms. The van der Waals surface area contributed by atoms with Gasteiger partial charge >= 0.3 is 0 Å². The van der Waals surface area contributed by atoms with E-state index in [0.717, 1.165) is 6.42 Å². The maximum Gasteiger partial charge on any atom is 0.251 e. The molecular weight excluding hydrogens is 302 g/mol. The fourth-order valence-electron chi connectivity index (χ4n) is 1.82. The van der Waals surface area contributed by atoms with Crippen molar-refractivity contribution < 1.29 is 14.3 Å². The minimum Gasteiger partial charge on any atom is -0.493 e. The van der Waals surface area contributed by atoms with Gasteiger partial charge < -0.3 is 14.8 Å². The molecule has 124 valence electrons. The van der Waals surface area contributed by atoms with E-state index in [4.69, 9.17) is 21.1 Å². The number of carbonyl (C=O) groups is 1. The minimum atomic E-state index is -0.156. The maximum absolute atomic E-state index is 12.2. The summed E-state index contributed by atoms with van der Waals surface area (Å²) in [6.45, 7) is 9.52. The van der Waals surface area contributed by atoms with Crippen LogP contribution in [0, 0.1) is 11.8 Å². The molecule has 0 atom stereocenters. The van der Waals surface area contributed by atoms with E-state index in [1.807, 2.05) is 0 Å². The number of benzene rings is 1. The standard InChI is InChI=1S/C17H26ClNO3/c1-11(2)6-7-19-17(20)13-8-14(18)16(15(9-13)21-5)22-10-12(3)4/h8-9,11-12H,6-7,10H2,1-5H3,(H,19,20). The number of nitrogens with one attached hydrogen (secondary N) is 1. The van der Waals surface area contributed by atoms with Crippen LogP contribution in [-0.4, -0.2) is 26.2 Å². The highest BCUT2D eigenvalue weighted by atomic mass is 35.5. The molecule has 0 aromatic heterocycles. The molecule has 1 amide bonds. The van der Waals surface area contributed by atoms with E-state index >= 15 is 0 Å². The Balaban J connectivity index is 2.85. The Morgan fingerprint density at radius 2 is 1.91 bits per heavy atom. The number of hydrogen-bond acceptors (Lipinski definition) is 3. The Kier molecular flexibility index (Phi) is 7.52. The van der Waals surface area contributed by atoms with Crippen molar-refractivity contribution >= 4 is 17.5 Å². The van der Waals surface area contributed by atoms with Crippen molar-refractivity contribution in [3.8, 4) is 11.5 Å². The molecule has 4 nitrogen and oxygen atoms in total. The quantitative estimate of drug-likeness (QED) is 0.780. The molecule has 0 spiro atoms. The molecule has 0 saturated carbocycles. The third-order valence-corrected chi connectivity index (χ3v) is 3.34. The van der Waals surface area contributed by atoms with Gasteiger partial charge in [-0.3, -0.25) is 4.79 Å². The second-order valence-electron chi connectivity index (χ2n) is 6.13. The zero-order valence-corrected chi connectivity index (χ0v) is 14.8. The summed E-state index contributed by atoms with van der Waals surface area (Å²) >= 11 is 6.24. The Morgan fingerprint density at radius 3 is 2.45 bits per heavy atom. The minimum absolute atomic E-state index is 0.156. The Bertz CT molecular complexity index is 501. The molecular formula is C17H26ClNO3. The predicted molar refractivity (Wildman–Crippen MR) is 90.1 cm³/mol. The van der Waals surface area contributed by atoms with Crippen molar-refractivity contribution in [3.63, 3.8) is 0 Å².